The molecule has 1 aromatic carbocycles. The molecule has 0 aliphatic heterocycles. The second kappa shape index (κ2) is 7.50. The lowest BCUT2D eigenvalue weighted by Crippen LogP contribution is -2.43. The Labute approximate surface area is 122 Å². The van der Waals surface area contributed by atoms with Crippen LogP contribution in [-0.2, 0) is 0 Å². The molecule has 114 valence electrons. The summed E-state index contributed by atoms with van der Waals surface area (Å²) in [6.07, 6.45) is 0. The molecule has 4 nitrogen and oxygen atoms in total. The Balaban J connectivity index is 2.80. The number of hydrogen-bond acceptors (Lipinski definition) is 4. The van der Waals surface area contributed by atoms with Gasteiger partial charge in [0.2, 0.25) is 0 Å². The molecule has 0 saturated heterocycles. The molecule has 0 radical (unpaired) electrons. The lowest BCUT2D eigenvalue weighted by molar-refractivity contribution is 0.272. The maximum atomic E-state index is 10.1. The Morgan fingerprint density at radius 1 is 1.25 bits per heavy atom. The number of phenols is 1. The first-order valence-electron chi connectivity index (χ1n) is 7.12. The Kier molecular flexibility index (Phi) is 6.30. The predicted molar refractivity (Wildman–Crippen MR) is 83.4 cm³/mol. The van der Waals surface area contributed by atoms with Crippen LogP contribution in [0, 0.1) is 5.92 Å². The maximum Gasteiger partial charge on any atom is 0.124 e. The highest BCUT2D eigenvalue weighted by Crippen LogP contribution is 2.28. The quantitative estimate of drug-likeness (QED) is 0.806. The van der Waals surface area contributed by atoms with E-state index in [2.05, 4.69) is 45.1 Å². The number of methoxy groups -OCH3 is 1. The minimum Gasteiger partial charge on any atom is -0.507 e. The van der Waals surface area contributed by atoms with Crippen molar-refractivity contribution in [2.45, 2.75) is 32.9 Å². The summed E-state index contributed by atoms with van der Waals surface area (Å²) in [4.78, 5) is 2.18. The molecule has 2 atom stereocenters. The van der Waals surface area contributed by atoms with Crippen molar-refractivity contribution in [3.63, 3.8) is 0 Å². The van der Waals surface area contributed by atoms with Crippen LogP contribution in [0.25, 0.3) is 0 Å². The van der Waals surface area contributed by atoms with Gasteiger partial charge in [0.1, 0.15) is 11.5 Å². The van der Waals surface area contributed by atoms with Crippen LogP contribution in [0.15, 0.2) is 18.2 Å². The van der Waals surface area contributed by atoms with E-state index in [0.717, 1.165) is 12.1 Å². The van der Waals surface area contributed by atoms with Gasteiger partial charge in [0.15, 0.2) is 0 Å². The minimum absolute atomic E-state index is 0.0910. The van der Waals surface area contributed by atoms with E-state index in [0.29, 0.717) is 17.7 Å². The van der Waals surface area contributed by atoms with E-state index in [1.807, 2.05) is 12.1 Å². The molecule has 0 spiro atoms. The van der Waals surface area contributed by atoms with Crippen molar-refractivity contribution in [3.05, 3.63) is 23.8 Å². The van der Waals surface area contributed by atoms with Gasteiger partial charge in [-0.2, -0.15) is 0 Å². The van der Waals surface area contributed by atoms with Gasteiger partial charge in [0, 0.05) is 30.3 Å². The van der Waals surface area contributed by atoms with Crippen LogP contribution >= 0.6 is 0 Å². The second-order valence-electron chi connectivity index (χ2n) is 5.93. The number of phenolic OH excluding ortho intramolecular Hbond substituents is 1. The molecule has 0 fully saturated rings. The first-order chi connectivity index (χ1) is 9.35. The molecular weight excluding hydrogens is 252 g/mol. The third kappa shape index (κ3) is 4.69. The van der Waals surface area contributed by atoms with Gasteiger partial charge >= 0.3 is 0 Å². The van der Waals surface area contributed by atoms with Gasteiger partial charge in [-0.3, -0.25) is 0 Å². The molecule has 2 unspecified atom stereocenters. The molecule has 0 aliphatic rings. The SMILES string of the molecule is COc1ccc(C(C)NC(CN(C)C)C(C)C)c(O)c1. The molecule has 1 aromatic rings. The maximum absolute atomic E-state index is 10.1. The van der Waals surface area contributed by atoms with E-state index >= 15 is 0 Å². The summed E-state index contributed by atoms with van der Waals surface area (Å²) in [5.41, 5.74) is 0.898. The monoisotopic (exact) mass is 280 g/mol. The van der Waals surface area contributed by atoms with Crippen LogP contribution in [0.3, 0.4) is 0 Å². The van der Waals surface area contributed by atoms with Crippen LogP contribution in [0.5, 0.6) is 11.5 Å². The fourth-order valence-electron chi connectivity index (χ4n) is 2.28. The Morgan fingerprint density at radius 2 is 1.90 bits per heavy atom. The van der Waals surface area contributed by atoms with E-state index in [1.54, 1.807) is 13.2 Å². The summed E-state index contributed by atoms with van der Waals surface area (Å²) in [5, 5.41) is 13.7. The van der Waals surface area contributed by atoms with Crippen molar-refractivity contribution < 1.29 is 9.84 Å². The molecule has 0 aliphatic carbocycles. The molecule has 0 amide bonds. The highest BCUT2D eigenvalue weighted by Gasteiger charge is 2.19. The number of aromatic hydroxyl groups is 1. The molecule has 0 heterocycles. The zero-order chi connectivity index (χ0) is 15.3. The topological polar surface area (TPSA) is 44.7 Å². The fraction of sp³-hybridized carbons (Fsp3) is 0.625. The van der Waals surface area contributed by atoms with Crippen molar-refractivity contribution in [2.75, 3.05) is 27.7 Å². The summed E-state index contributed by atoms with van der Waals surface area (Å²) in [7, 11) is 5.75. The summed E-state index contributed by atoms with van der Waals surface area (Å²) in [6.45, 7) is 7.47. The lowest BCUT2D eigenvalue weighted by Gasteiger charge is -2.29. The van der Waals surface area contributed by atoms with Gasteiger partial charge < -0.3 is 20.1 Å². The zero-order valence-electron chi connectivity index (χ0n) is 13.5. The Morgan fingerprint density at radius 3 is 2.35 bits per heavy atom. The van der Waals surface area contributed by atoms with Crippen LogP contribution in [0.1, 0.15) is 32.4 Å². The molecule has 20 heavy (non-hydrogen) atoms. The lowest BCUT2D eigenvalue weighted by atomic mass is 10.00. The number of nitrogens with zero attached hydrogens (tertiary/aromatic N) is 1. The molecule has 1 rings (SSSR count). The molecule has 4 heteroatoms. The third-order valence-corrected chi connectivity index (χ3v) is 3.53. The van der Waals surface area contributed by atoms with Crippen molar-refractivity contribution in [3.8, 4) is 11.5 Å². The highest BCUT2D eigenvalue weighted by molar-refractivity contribution is 5.41. The number of likely N-dealkylation sites (N-methyl/N-ethyl adjacent to an activating group) is 1. The van der Waals surface area contributed by atoms with Gasteiger partial charge in [0.05, 0.1) is 7.11 Å². The van der Waals surface area contributed by atoms with Gasteiger partial charge in [-0.05, 0) is 33.0 Å². The summed E-state index contributed by atoms with van der Waals surface area (Å²) in [6, 6.07) is 5.92. The van der Waals surface area contributed by atoms with Crippen molar-refractivity contribution in [1.82, 2.24) is 10.2 Å². The Hall–Kier alpha value is -1.26. The average Bonchev–Trinajstić information content (AvgIpc) is 2.36. The smallest absolute Gasteiger partial charge is 0.124 e. The number of hydrogen-bond donors (Lipinski definition) is 2. The van der Waals surface area contributed by atoms with E-state index in [1.165, 1.54) is 0 Å². The minimum atomic E-state index is 0.0910. The van der Waals surface area contributed by atoms with E-state index in [4.69, 9.17) is 4.74 Å². The second-order valence-corrected chi connectivity index (χ2v) is 5.93. The number of nitrogens with one attached hydrogen (secondary N) is 1. The number of rotatable bonds is 7. The average molecular weight is 280 g/mol. The largest absolute Gasteiger partial charge is 0.507 e. The van der Waals surface area contributed by atoms with Gasteiger partial charge in [-0.25, -0.2) is 0 Å². The predicted octanol–water partition coefficient (Wildman–Crippen LogP) is 2.64. The number of ether oxygens (including phenoxy) is 1. The van der Waals surface area contributed by atoms with Crippen LogP contribution in [0.2, 0.25) is 0 Å². The zero-order valence-corrected chi connectivity index (χ0v) is 13.5. The van der Waals surface area contributed by atoms with Crippen molar-refractivity contribution >= 4 is 0 Å². The van der Waals surface area contributed by atoms with E-state index < -0.39 is 0 Å². The molecule has 0 saturated carbocycles. The van der Waals surface area contributed by atoms with E-state index in [9.17, 15) is 5.11 Å². The first kappa shape index (κ1) is 16.8. The van der Waals surface area contributed by atoms with Crippen molar-refractivity contribution in [1.29, 1.82) is 0 Å². The van der Waals surface area contributed by atoms with Gasteiger partial charge in [-0.1, -0.05) is 19.9 Å². The van der Waals surface area contributed by atoms with E-state index in [-0.39, 0.29) is 11.8 Å². The Bertz CT molecular complexity index is 419. The third-order valence-electron chi connectivity index (χ3n) is 3.53. The summed E-state index contributed by atoms with van der Waals surface area (Å²) < 4.78 is 5.11. The van der Waals surface area contributed by atoms with Crippen LogP contribution in [-0.4, -0.2) is 43.8 Å². The standard InChI is InChI=1S/C16H28N2O2/c1-11(2)15(10-18(4)5)17-12(3)14-8-7-13(20-6)9-16(14)19/h7-9,11-12,15,17,19H,10H2,1-6H3. The number of benzene rings is 1. The van der Waals surface area contributed by atoms with Crippen LogP contribution in [0.4, 0.5) is 0 Å². The molecular formula is C16H28N2O2. The molecule has 0 bridgehead atoms. The molecule has 0 aromatic heterocycles. The van der Waals surface area contributed by atoms with Crippen molar-refractivity contribution in [2.24, 2.45) is 5.92 Å². The normalized spacial score (nSPS) is 14.6. The first-order valence-corrected chi connectivity index (χ1v) is 7.12. The highest BCUT2D eigenvalue weighted by atomic mass is 16.5. The fourth-order valence-corrected chi connectivity index (χ4v) is 2.28. The van der Waals surface area contributed by atoms with Crippen LogP contribution < -0.4 is 10.1 Å². The van der Waals surface area contributed by atoms with Gasteiger partial charge in [0.25, 0.3) is 0 Å². The molecule has 2 N–H and O–H groups in total. The summed E-state index contributed by atoms with van der Waals surface area (Å²) in [5.74, 6) is 1.48. The summed E-state index contributed by atoms with van der Waals surface area (Å²) >= 11 is 0. The van der Waals surface area contributed by atoms with Gasteiger partial charge in [-0.15, -0.1) is 0 Å².